The summed E-state index contributed by atoms with van der Waals surface area (Å²) >= 11 is 0. The number of rotatable bonds is 11. The van der Waals surface area contributed by atoms with E-state index in [-0.39, 0.29) is 0 Å². The predicted molar refractivity (Wildman–Crippen MR) is 110 cm³/mol. The monoisotopic (exact) mass is 325 g/mol. The Morgan fingerprint density at radius 3 is 2.58 bits per heavy atom. The van der Waals surface area contributed by atoms with E-state index >= 15 is 0 Å². The third kappa shape index (κ3) is 10.7. The molecule has 0 amide bonds. The second kappa shape index (κ2) is 15.9. The van der Waals surface area contributed by atoms with E-state index in [0.29, 0.717) is 5.92 Å². The van der Waals surface area contributed by atoms with Gasteiger partial charge in [-0.2, -0.15) is 0 Å². The van der Waals surface area contributed by atoms with Crippen LogP contribution in [0.25, 0.3) is 0 Å². The molecular weight excluding hydrogens is 290 g/mol. The van der Waals surface area contributed by atoms with Gasteiger partial charge in [-0.25, -0.2) is 0 Å². The maximum Gasteiger partial charge on any atom is 0.0176 e. The van der Waals surface area contributed by atoms with Crippen molar-refractivity contribution in [1.82, 2.24) is 5.32 Å². The Labute approximate surface area is 150 Å². The molecule has 0 saturated heterocycles. The number of allylic oxidation sites excluding steroid dienone is 7. The fraction of sp³-hybridized carbons (Fsp3) is 0.478. The summed E-state index contributed by atoms with van der Waals surface area (Å²) in [6, 6.07) is 0. The molecule has 1 atom stereocenters. The summed E-state index contributed by atoms with van der Waals surface area (Å²) in [5.41, 5.74) is 2.36. The highest BCUT2D eigenvalue weighted by Crippen LogP contribution is 2.14. The zero-order valence-electron chi connectivity index (χ0n) is 16.1. The number of hydrogen-bond acceptors (Lipinski definition) is 1. The molecule has 1 nitrogen and oxygen atoms in total. The normalized spacial score (nSPS) is 13.8. The molecule has 0 heterocycles. The Balaban J connectivity index is 4.44. The van der Waals surface area contributed by atoms with Gasteiger partial charge in [-0.3, -0.25) is 0 Å². The van der Waals surface area contributed by atoms with Gasteiger partial charge in [-0.1, -0.05) is 69.6 Å². The lowest BCUT2D eigenvalue weighted by Crippen LogP contribution is -2.08. The SMILES string of the molecule is C=CC(=C\C#CCC)/C(=C/NCC/C=C/C(CC)C/C=C\C)CC. The van der Waals surface area contributed by atoms with Crippen molar-refractivity contribution < 1.29 is 0 Å². The van der Waals surface area contributed by atoms with E-state index in [0.717, 1.165) is 37.8 Å². The van der Waals surface area contributed by atoms with Crippen LogP contribution in [0.2, 0.25) is 0 Å². The van der Waals surface area contributed by atoms with Crippen molar-refractivity contribution in [2.75, 3.05) is 6.54 Å². The molecule has 1 heteroatoms. The van der Waals surface area contributed by atoms with E-state index in [1.165, 1.54) is 12.0 Å². The van der Waals surface area contributed by atoms with Gasteiger partial charge in [0.25, 0.3) is 0 Å². The molecule has 0 aliphatic heterocycles. The van der Waals surface area contributed by atoms with Crippen molar-refractivity contribution >= 4 is 0 Å². The van der Waals surface area contributed by atoms with Crippen LogP contribution < -0.4 is 5.32 Å². The van der Waals surface area contributed by atoms with Gasteiger partial charge in [0.2, 0.25) is 0 Å². The van der Waals surface area contributed by atoms with Crippen molar-refractivity contribution in [1.29, 1.82) is 0 Å². The van der Waals surface area contributed by atoms with Gasteiger partial charge < -0.3 is 5.32 Å². The molecule has 0 fully saturated rings. The van der Waals surface area contributed by atoms with E-state index < -0.39 is 0 Å². The van der Waals surface area contributed by atoms with Crippen LogP contribution in [0.1, 0.15) is 59.8 Å². The first-order valence-corrected chi connectivity index (χ1v) is 9.24. The van der Waals surface area contributed by atoms with Crippen LogP contribution >= 0.6 is 0 Å². The van der Waals surface area contributed by atoms with Crippen molar-refractivity contribution in [2.24, 2.45) is 5.92 Å². The lowest BCUT2D eigenvalue weighted by atomic mass is 10.0. The standard InChI is InChI=1S/C23H35N/c1-6-11-13-18-22(9-4)23(10-5)20-24-19-15-14-17-21(8-3)16-12-7-2/h7,9,12,14,17-18,20-21,24H,4,6,8,10,15-16,19H2,1-3,5H3/b12-7-,17-14+,22-18+,23-20+. The Kier molecular flexibility index (Phi) is 14.6. The summed E-state index contributed by atoms with van der Waals surface area (Å²) < 4.78 is 0. The molecular formula is C23H35N. The maximum atomic E-state index is 3.90. The Bertz CT molecular complexity index is 506. The van der Waals surface area contributed by atoms with Gasteiger partial charge in [0.15, 0.2) is 0 Å². The number of nitrogens with one attached hydrogen (secondary N) is 1. The van der Waals surface area contributed by atoms with Crippen LogP contribution in [0.3, 0.4) is 0 Å². The predicted octanol–water partition coefficient (Wildman–Crippen LogP) is 6.33. The van der Waals surface area contributed by atoms with E-state index in [9.17, 15) is 0 Å². The van der Waals surface area contributed by atoms with Gasteiger partial charge in [0.1, 0.15) is 0 Å². The van der Waals surface area contributed by atoms with Crippen LogP contribution in [0, 0.1) is 17.8 Å². The highest BCUT2D eigenvalue weighted by molar-refractivity contribution is 5.42. The molecule has 0 spiro atoms. The fourth-order valence-corrected chi connectivity index (χ4v) is 2.25. The largest absolute Gasteiger partial charge is 0.390 e. The number of hydrogen-bond donors (Lipinski definition) is 1. The van der Waals surface area contributed by atoms with Crippen LogP contribution in [-0.2, 0) is 0 Å². The third-order valence-electron chi connectivity index (χ3n) is 3.82. The minimum atomic E-state index is 0.662. The van der Waals surface area contributed by atoms with E-state index in [1.54, 1.807) is 0 Å². The van der Waals surface area contributed by atoms with Crippen LogP contribution in [-0.4, -0.2) is 6.54 Å². The highest BCUT2D eigenvalue weighted by Gasteiger charge is 1.99. The van der Waals surface area contributed by atoms with Crippen molar-refractivity contribution in [3.05, 3.63) is 60.4 Å². The summed E-state index contributed by atoms with van der Waals surface area (Å²) in [7, 11) is 0. The molecule has 132 valence electrons. The molecule has 1 N–H and O–H groups in total. The quantitative estimate of drug-likeness (QED) is 0.202. The molecule has 0 aliphatic carbocycles. The van der Waals surface area contributed by atoms with Gasteiger partial charge in [0.05, 0.1) is 0 Å². The van der Waals surface area contributed by atoms with Gasteiger partial charge >= 0.3 is 0 Å². The van der Waals surface area contributed by atoms with Gasteiger partial charge in [0, 0.05) is 19.2 Å². The van der Waals surface area contributed by atoms with Crippen LogP contribution in [0.15, 0.2) is 60.4 Å². The first-order chi connectivity index (χ1) is 11.7. The summed E-state index contributed by atoms with van der Waals surface area (Å²) in [4.78, 5) is 0. The average molecular weight is 326 g/mol. The smallest absolute Gasteiger partial charge is 0.0176 e. The van der Waals surface area contributed by atoms with Crippen molar-refractivity contribution in [3.63, 3.8) is 0 Å². The lowest BCUT2D eigenvalue weighted by molar-refractivity contribution is 0.634. The lowest BCUT2D eigenvalue weighted by Gasteiger charge is -2.07. The molecule has 0 rings (SSSR count). The van der Waals surface area contributed by atoms with Crippen LogP contribution in [0.5, 0.6) is 0 Å². The Morgan fingerprint density at radius 2 is 2.00 bits per heavy atom. The minimum absolute atomic E-state index is 0.662. The minimum Gasteiger partial charge on any atom is -0.390 e. The van der Waals surface area contributed by atoms with Crippen molar-refractivity contribution in [2.45, 2.75) is 59.8 Å². The van der Waals surface area contributed by atoms with Gasteiger partial charge in [-0.15, -0.1) is 0 Å². The fourth-order valence-electron chi connectivity index (χ4n) is 2.25. The molecule has 0 aliphatic rings. The van der Waals surface area contributed by atoms with E-state index in [4.69, 9.17) is 0 Å². The molecule has 0 aromatic rings. The van der Waals surface area contributed by atoms with Gasteiger partial charge in [-0.05, 0) is 55.7 Å². The third-order valence-corrected chi connectivity index (χ3v) is 3.82. The summed E-state index contributed by atoms with van der Waals surface area (Å²) in [5, 5.41) is 3.41. The second-order valence-corrected chi connectivity index (χ2v) is 5.65. The molecule has 0 saturated carbocycles. The van der Waals surface area contributed by atoms with E-state index in [2.05, 4.69) is 81.9 Å². The maximum absolute atomic E-state index is 3.90. The average Bonchev–Trinajstić information content (AvgIpc) is 2.61. The summed E-state index contributed by atoms with van der Waals surface area (Å²) in [5.74, 6) is 6.81. The first-order valence-electron chi connectivity index (χ1n) is 9.24. The molecule has 24 heavy (non-hydrogen) atoms. The van der Waals surface area contributed by atoms with Crippen molar-refractivity contribution in [3.8, 4) is 11.8 Å². The highest BCUT2D eigenvalue weighted by atomic mass is 14.8. The first kappa shape index (κ1) is 22.1. The summed E-state index contributed by atoms with van der Waals surface area (Å²) in [6.07, 6.45) is 20.2. The molecule has 0 radical (unpaired) electrons. The van der Waals surface area contributed by atoms with E-state index in [1.807, 2.05) is 12.2 Å². The molecule has 0 bridgehead atoms. The Hall–Kier alpha value is -1.94. The zero-order chi connectivity index (χ0) is 18.0. The summed E-state index contributed by atoms with van der Waals surface area (Å²) in [6.45, 7) is 13.4. The second-order valence-electron chi connectivity index (χ2n) is 5.65. The van der Waals surface area contributed by atoms with Crippen LogP contribution in [0.4, 0.5) is 0 Å². The topological polar surface area (TPSA) is 12.0 Å². The molecule has 1 unspecified atom stereocenters. The zero-order valence-corrected chi connectivity index (χ0v) is 16.1. The Morgan fingerprint density at radius 1 is 1.21 bits per heavy atom. The molecule has 0 aromatic heterocycles. The molecule has 0 aromatic carbocycles.